The Morgan fingerprint density at radius 2 is 2.11 bits per heavy atom. The zero-order valence-corrected chi connectivity index (χ0v) is 11.6. The minimum absolute atomic E-state index is 0.448. The van der Waals surface area contributed by atoms with E-state index >= 15 is 0 Å². The lowest BCUT2D eigenvalue weighted by Gasteiger charge is -2.36. The number of aliphatic hydroxyl groups is 1. The van der Waals surface area contributed by atoms with Crippen LogP contribution in [0.1, 0.15) is 33.1 Å². The van der Waals surface area contributed by atoms with E-state index in [1.807, 2.05) is 13.8 Å². The number of anilines is 2. The molecule has 6 heteroatoms. The summed E-state index contributed by atoms with van der Waals surface area (Å²) in [7, 11) is 0. The Morgan fingerprint density at radius 3 is 2.74 bits per heavy atom. The van der Waals surface area contributed by atoms with Crippen molar-refractivity contribution in [1.82, 2.24) is 9.97 Å². The van der Waals surface area contributed by atoms with Crippen LogP contribution in [0.5, 0.6) is 5.88 Å². The van der Waals surface area contributed by atoms with Crippen LogP contribution in [0.15, 0.2) is 6.33 Å². The lowest BCUT2D eigenvalue weighted by molar-refractivity contribution is 0.0350. The maximum absolute atomic E-state index is 9.96. The van der Waals surface area contributed by atoms with Crippen LogP contribution in [-0.4, -0.2) is 40.4 Å². The number of nitrogens with zero attached hydrogens (tertiary/aromatic N) is 3. The summed E-state index contributed by atoms with van der Waals surface area (Å²) in [5, 5.41) is 9.96. The van der Waals surface area contributed by atoms with E-state index in [9.17, 15) is 5.11 Å². The first-order valence-corrected chi connectivity index (χ1v) is 6.74. The zero-order valence-electron chi connectivity index (χ0n) is 11.6. The molecule has 1 fully saturated rings. The van der Waals surface area contributed by atoms with Crippen LogP contribution in [0, 0.1) is 0 Å². The lowest BCUT2D eigenvalue weighted by Crippen LogP contribution is -2.43. The molecular formula is C13H22N4O2. The van der Waals surface area contributed by atoms with Gasteiger partial charge in [0, 0.05) is 13.1 Å². The monoisotopic (exact) mass is 266 g/mol. The number of aromatic nitrogens is 2. The Hall–Kier alpha value is -1.56. The first kappa shape index (κ1) is 13.9. The van der Waals surface area contributed by atoms with Gasteiger partial charge in [0.15, 0.2) is 5.82 Å². The van der Waals surface area contributed by atoms with Gasteiger partial charge >= 0.3 is 0 Å². The number of hydrogen-bond donors (Lipinski definition) is 2. The fraction of sp³-hybridized carbons (Fsp3) is 0.692. The molecule has 19 heavy (non-hydrogen) atoms. The second-order valence-corrected chi connectivity index (χ2v) is 5.25. The van der Waals surface area contributed by atoms with Gasteiger partial charge in [0.2, 0.25) is 5.88 Å². The van der Waals surface area contributed by atoms with Gasteiger partial charge in [0.05, 0.1) is 12.2 Å². The summed E-state index contributed by atoms with van der Waals surface area (Å²) >= 11 is 0. The van der Waals surface area contributed by atoms with Crippen molar-refractivity contribution >= 4 is 11.5 Å². The summed E-state index contributed by atoms with van der Waals surface area (Å²) in [4.78, 5) is 10.4. The number of piperidine rings is 1. The summed E-state index contributed by atoms with van der Waals surface area (Å²) < 4.78 is 5.51. The van der Waals surface area contributed by atoms with Crippen molar-refractivity contribution < 1.29 is 9.84 Å². The SMILES string of the molecule is CCCOc1ncnc(N2CCC(C)(O)CC2)c1N. The van der Waals surface area contributed by atoms with Crippen molar-refractivity contribution in [3.05, 3.63) is 6.33 Å². The summed E-state index contributed by atoms with van der Waals surface area (Å²) in [5.41, 5.74) is 5.97. The lowest BCUT2D eigenvalue weighted by atomic mass is 9.94. The van der Waals surface area contributed by atoms with Crippen LogP contribution in [0.3, 0.4) is 0 Å². The van der Waals surface area contributed by atoms with E-state index in [4.69, 9.17) is 10.5 Å². The average molecular weight is 266 g/mol. The predicted molar refractivity (Wildman–Crippen MR) is 74.3 cm³/mol. The number of rotatable bonds is 4. The van der Waals surface area contributed by atoms with Crippen molar-refractivity contribution in [1.29, 1.82) is 0 Å². The molecular weight excluding hydrogens is 244 g/mol. The largest absolute Gasteiger partial charge is 0.476 e. The molecule has 0 atom stereocenters. The maximum atomic E-state index is 9.96. The first-order chi connectivity index (χ1) is 9.03. The van der Waals surface area contributed by atoms with E-state index in [0.717, 1.165) is 19.5 Å². The Kier molecular flexibility index (Phi) is 4.09. The molecule has 6 nitrogen and oxygen atoms in total. The minimum Gasteiger partial charge on any atom is -0.476 e. The molecule has 0 aromatic carbocycles. The van der Waals surface area contributed by atoms with Gasteiger partial charge in [-0.3, -0.25) is 0 Å². The normalized spacial score (nSPS) is 18.4. The molecule has 3 N–H and O–H groups in total. The molecule has 106 valence electrons. The molecule has 0 spiro atoms. The van der Waals surface area contributed by atoms with E-state index in [0.29, 0.717) is 36.8 Å². The van der Waals surface area contributed by atoms with E-state index in [2.05, 4.69) is 14.9 Å². The highest BCUT2D eigenvalue weighted by Crippen LogP contribution is 2.31. The fourth-order valence-electron chi connectivity index (χ4n) is 2.14. The van der Waals surface area contributed by atoms with Crippen molar-refractivity contribution in [2.24, 2.45) is 0 Å². The maximum Gasteiger partial charge on any atom is 0.242 e. The minimum atomic E-state index is -0.583. The molecule has 1 aromatic rings. The molecule has 0 amide bonds. The van der Waals surface area contributed by atoms with E-state index in [1.165, 1.54) is 6.33 Å². The number of hydrogen-bond acceptors (Lipinski definition) is 6. The standard InChI is InChI=1S/C13H22N4O2/c1-3-8-19-12-10(14)11(15-9-16-12)17-6-4-13(2,18)5-7-17/h9,18H,3-8,14H2,1-2H3. The van der Waals surface area contributed by atoms with Gasteiger partial charge in [0.1, 0.15) is 12.0 Å². The predicted octanol–water partition coefficient (Wildman–Crippen LogP) is 1.20. The highest BCUT2D eigenvalue weighted by atomic mass is 16.5. The molecule has 0 saturated carbocycles. The Morgan fingerprint density at radius 1 is 1.42 bits per heavy atom. The number of nitrogens with two attached hydrogens (primary N) is 1. The van der Waals surface area contributed by atoms with Gasteiger partial charge in [-0.2, -0.15) is 4.98 Å². The molecule has 0 bridgehead atoms. The summed E-state index contributed by atoms with van der Waals surface area (Å²) in [5.74, 6) is 1.15. The van der Waals surface area contributed by atoms with Crippen LogP contribution in [-0.2, 0) is 0 Å². The molecule has 2 rings (SSSR count). The smallest absolute Gasteiger partial charge is 0.242 e. The van der Waals surface area contributed by atoms with Gasteiger partial charge in [0.25, 0.3) is 0 Å². The van der Waals surface area contributed by atoms with Crippen molar-refractivity contribution in [3.63, 3.8) is 0 Å². The van der Waals surface area contributed by atoms with Crippen LogP contribution in [0.25, 0.3) is 0 Å². The van der Waals surface area contributed by atoms with Gasteiger partial charge in [-0.05, 0) is 26.2 Å². The zero-order chi connectivity index (χ0) is 13.9. The number of ether oxygens (including phenoxy) is 1. The van der Waals surface area contributed by atoms with Crippen LogP contribution in [0.2, 0.25) is 0 Å². The summed E-state index contributed by atoms with van der Waals surface area (Å²) in [6, 6.07) is 0. The Balaban J connectivity index is 2.12. The third-order valence-electron chi connectivity index (χ3n) is 3.41. The van der Waals surface area contributed by atoms with E-state index in [-0.39, 0.29) is 0 Å². The molecule has 1 aliphatic heterocycles. The second-order valence-electron chi connectivity index (χ2n) is 5.25. The number of nitrogen functional groups attached to an aromatic ring is 1. The molecule has 2 heterocycles. The average Bonchev–Trinajstić information content (AvgIpc) is 2.38. The van der Waals surface area contributed by atoms with Crippen LogP contribution < -0.4 is 15.4 Å². The quantitative estimate of drug-likeness (QED) is 0.852. The van der Waals surface area contributed by atoms with E-state index in [1.54, 1.807) is 0 Å². The summed E-state index contributed by atoms with van der Waals surface area (Å²) in [6.07, 6.45) is 3.80. The topological polar surface area (TPSA) is 84.5 Å². The van der Waals surface area contributed by atoms with Crippen molar-refractivity contribution in [2.75, 3.05) is 30.3 Å². The van der Waals surface area contributed by atoms with E-state index < -0.39 is 5.60 Å². The first-order valence-electron chi connectivity index (χ1n) is 6.74. The molecule has 1 aromatic heterocycles. The molecule has 0 aliphatic carbocycles. The molecule has 1 saturated heterocycles. The Bertz CT molecular complexity index is 427. The molecule has 1 aliphatic rings. The fourth-order valence-corrected chi connectivity index (χ4v) is 2.14. The third kappa shape index (κ3) is 3.26. The Labute approximate surface area is 113 Å². The van der Waals surface area contributed by atoms with Gasteiger partial charge < -0.3 is 20.5 Å². The molecule has 0 unspecified atom stereocenters. The second kappa shape index (κ2) is 5.61. The van der Waals surface area contributed by atoms with Crippen LogP contribution >= 0.6 is 0 Å². The summed E-state index contributed by atoms with van der Waals surface area (Å²) in [6.45, 7) is 5.96. The van der Waals surface area contributed by atoms with Gasteiger partial charge in [-0.15, -0.1) is 0 Å². The van der Waals surface area contributed by atoms with Crippen LogP contribution in [0.4, 0.5) is 11.5 Å². The third-order valence-corrected chi connectivity index (χ3v) is 3.41. The van der Waals surface area contributed by atoms with Crippen molar-refractivity contribution in [3.8, 4) is 5.88 Å². The molecule has 0 radical (unpaired) electrons. The highest BCUT2D eigenvalue weighted by molar-refractivity contribution is 5.67. The van der Waals surface area contributed by atoms with Gasteiger partial charge in [-0.25, -0.2) is 4.98 Å². The highest BCUT2D eigenvalue weighted by Gasteiger charge is 2.29. The van der Waals surface area contributed by atoms with Gasteiger partial charge in [-0.1, -0.05) is 6.92 Å². The van der Waals surface area contributed by atoms with Crippen molar-refractivity contribution in [2.45, 2.75) is 38.7 Å².